The Hall–Kier alpha value is -0.930. The van der Waals surface area contributed by atoms with Crippen LogP contribution in [-0.4, -0.2) is 23.4 Å². The maximum absolute atomic E-state index is 13.3. The van der Waals surface area contributed by atoms with E-state index in [1.165, 1.54) is 6.07 Å². The minimum Gasteiger partial charge on any atom is -0.396 e. The molecule has 0 fully saturated rings. The van der Waals surface area contributed by atoms with Crippen LogP contribution < -0.4 is 0 Å². The standard InChI is InChI=1S/C11H15FO2/c1-8-6-10(3-5-14)11(12)7-9(8)2-4-13/h6-7,13-14H,2-5H2,1H3. The highest BCUT2D eigenvalue weighted by atomic mass is 19.1. The van der Waals surface area contributed by atoms with Gasteiger partial charge in [-0.15, -0.1) is 0 Å². The Labute approximate surface area is 83.0 Å². The van der Waals surface area contributed by atoms with Gasteiger partial charge in [0.1, 0.15) is 5.82 Å². The average Bonchev–Trinajstić information content (AvgIpc) is 2.14. The lowest BCUT2D eigenvalue weighted by Gasteiger charge is -2.08. The zero-order chi connectivity index (χ0) is 10.6. The molecule has 0 aliphatic heterocycles. The number of aliphatic hydroxyl groups excluding tert-OH is 2. The first-order chi connectivity index (χ1) is 6.69. The Kier molecular flexibility index (Phi) is 4.04. The molecule has 0 atom stereocenters. The van der Waals surface area contributed by atoms with Gasteiger partial charge in [-0.3, -0.25) is 0 Å². The second-order valence-electron chi connectivity index (χ2n) is 3.32. The van der Waals surface area contributed by atoms with Crippen molar-refractivity contribution in [3.63, 3.8) is 0 Å². The monoisotopic (exact) mass is 198 g/mol. The first-order valence-electron chi connectivity index (χ1n) is 4.68. The summed E-state index contributed by atoms with van der Waals surface area (Å²) in [6.07, 6.45) is 0.814. The van der Waals surface area contributed by atoms with Gasteiger partial charge < -0.3 is 10.2 Å². The lowest BCUT2D eigenvalue weighted by molar-refractivity contribution is 0.296. The van der Waals surface area contributed by atoms with Crippen LogP contribution in [0.4, 0.5) is 4.39 Å². The summed E-state index contributed by atoms with van der Waals surface area (Å²) in [6.45, 7) is 1.86. The molecule has 0 aromatic heterocycles. The number of aliphatic hydroxyl groups is 2. The van der Waals surface area contributed by atoms with Gasteiger partial charge in [-0.05, 0) is 42.5 Å². The number of halogens is 1. The molecule has 2 nitrogen and oxygen atoms in total. The summed E-state index contributed by atoms with van der Waals surface area (Å²) < 4.78 is 13.3. The van der Waals surface area contributed by atoms with E-state index in [0.29, 0.717) is 18.4 Å². The smallest absolute Gasteiger partial charge is 0.126 e. The molecule has 1 rings (SSSR count). The van der Waals surface area contributed by atoms with Crippen LogP contribution in [0.15, 0.2) is 12.1 Å². The van der Waals surface area contributed by atoms with E-state index in [1.54, 1.807) is 6.07 Å². The molecular weight excluding hydrogens is 183 g/mol. The molecule has 0 unspecified atom stereocenters. The first-order valence-corrected chi connectivity index (χ1v) is 4.68. The maximum atomic E-state index is 13.3. The number of hydrogen-bond donors (Lipinski definition) is 2. The molecule has 3 heteroatoms. The van der Waals surface area contributed by atoms with Crippen LogP contribution in [0.25, 0.3) is 0 Å². The van der Waals surface area contributed by atoms with E-state index in [0.717, 1.165) is 11.1 Å². The van der Waals surface area contributed by atoms with E-state index in [4.69, 9.17) is 10.2 Å². The third-order valence-electron chi connectivity index (χ3n) is 2.27. The molecule has 0 spiro atoms. The third-order valence-corrected chi connectivity index (χ3v) is 2.27. The van der Waals surface area contributed by atoms with Crippen molar-refractivity contribution in [2.45, 2.75) is 19.8 Å². The highest BCUT2D eigenvalue weighted by molar-refractivity contribution is 5.32. The van der Waals surface area contributed by atoms with Gasteiger partial charge in [-0.1, -0.05) is 6.07 Å². The van der Waals surface area contributed by atoms with Gasteiger partial charge in [0.05, 0.1) is 0 Å². The van der Waals surface area contributed by atoms with E-state index >= 15 is 0 Å². The molecule has 0 radical (unpaired) electrons. The van der Waals surface area contributed by atoms with Gasteiger partial charge in [-0.25, -0.2) is 4.39 Å². The molecule has 78 valence electrons. The molecule has 1 aromatic carbocycles. The second kappa shape index (κ2) is 5.08. The zero-order valence-electron chi connectivity index (χ0n) is 8.26. The van der Waals surface area contributed by atoms with Crippen molar-refractivity contribution >= 4 is 0 Å². The normalized spacial score (nSPS) is 10.6. The molecule has 0 saturated heterocycles. The molecule has 14 heavy (non-hydrogen) atoms. The lowest BCUT2D eigenvalue weighted by atomic mass is 10.0. The summed E-state index contributed by atoms with van der Waals surface area (Å²) in [4.78, 5) is 0. The van der Waals surface area contributed by atoms with Crippen LogP contribution in [0, 0.1) is 12.7 Å². The fourth-order valence-electron chi connectivity index (χ4n) is 1.48. The largest absolute Gasteiger partial charge is 0.396 e. The number of hydrogen-bond acceptors (Lipinski definition) is 2. The van der Waals surface area contributed by atoms with Gasteiger partial charge in [0.15, 0.2) is 0 Å². The van der Waals surface area contributed by atoms with E-state index in [1.807, 2.05) is 6.92 Å². The van der Waals surface area contributed by atoms with Crippen LogP contribution in [0.3, 0.4) is 0 Å². The first kappa shape index (κ1) is 11.1. The molecule has 0 amide bonds. The summed E-state index contributed by atoms with van der Waals surface area (Å²) in [5.74, 6) is -0.298. The number of rotatable bonds is 4. The maximum Gasteiger partial charge on any atom is 0.126 e. The van der Waals surface area contributed by atoms with E-state index < -0.39 is 0 Å². The van der Waals surface area contributed by atoms with E-state index in [-0.39, 0.29) is 19.0 Å². The summed E-state index contributed by atoms with van der Waals surface area (Å²) in [6, 6.07) is 3.17. The van der Waals surface area contributed by atoms with Crippen LogP contribution in [0.5, 0.6) is 0 Å². The van der Waals surface area contributed by atoms with Gasteiger partial charge >= 0.3 is 0 Å². The fourth-order valence-corrected chi connectivity index (χ4v) is 1.48. The number of aryl methyl sites for hydroxylation is 1. The Morgan fingerprint density at radius 3 is 2.21 bits per heavy atom. The van der Waals surface area contributed by atoms with Gasteiger partial charge in [-0.2, -0.15) is 0 Å². The van der Waals surface area contributed by atoms with Crippen LogP contribution >= 0.6 is 0 Å². The number of benzene rings is 1. The SMILES string of the molecule is Cc1cc(CCO)c(F)cc1CCO. The highest BCUT2D eigenvalue weighted by Crippen LogP contribution is 2.16. The summed E-state index contributed by atoms with van der Waals surface area (Å²) in [5, 5.41) is 17.4. The van der Waals surface area contributed by atoms with Crippen LogP contribution in [0.2, 0.25) is 0 Å². The van der Waals surface area contributed by atoms with Crippen molar-refractivity contribution < 1.29 is 14.6 Å². The third kappa shape index (κ3) is 2.53. The fraction of sp³-hybridized carbons (Fsp3) is 0.455. The minimum absolute atomic E-state index is 0.0274. The molecule has 0 aliphatic carbocycles. The predicted octanol–water partition coefficient (Wildman–Crippen LogP) is 1.20. The average molecular weight is 198 g/mol. The Morgan fingerprint density at radius 2 is 1.64 bits per heavy atom. The molecule has 0 bridgehead atoms. The molecule has 1 aromatic rings. The van der Waals surface area contributed by atoms with Crippen LogP contribution in [0.1, 0.15) is 16.7 Å². The van der Waals surface area contributed by atoms with Crippen LogP contribution in [-0.2, 0) is 12.8 Å². The summed E-state index contributed by atoms with van der Waals surface area (Å²) >= 11 is 0. The molecule has 0 aliphatic rings. The van der Waals surface area contributed by atoms with Gasteiger partial charge in [0.25, 0.3) is 0 Å². The van der Waals surface area contributed by atoms with Crippen molar-refractivity contribution in [3.8, 4) is 0 Å². The van der Waals surface area contributed by atoms with Gasteiger partial charge in [0.2, 0.25) is 0 Å². The Bertz CT molecular complexity index is 279. The predicted molar refractivity (Wildman–Crippen MR) is 52.7 cm³/mol. The second-order valence-corrected chi connectivity index (χ2v) is 3.32. The summed E-state index contributed by atoms with van der Waals surface area (Å²) in [7, 11) is 0. The summed E-state index contributed by atoms with van der Waals surface area (Å²) in [5.41, 5.74) is 2.32. The lowest BCUT2D eigenvalue weighted by Crippen LogP contribution is -2.01. The van der Waals surface area contributed by atoms with Crippen molar-refractivity contribution in [3.05, 3.63) is 34.6 Å². The minimum atomic E-state index is -0.298. The molecule has 0 saturated carbocycles. The van der Waals surface area contributed by atoms with Crippen molar-refractivity contribution in [1.82, 2.24) is 0 Å². The quantitative estimate of drug-likeness (QED) is 0.763. The molecule has 2 N–H and O–H groups in total. The topological polar surface area (TPSA) is 40.5 Å². The van der Waals surface area contributed by atoms with E-state index in [9.17, 15) is 4.39 Å². The van der Waals surface area contributed by atoms with Gasteiger partial charge in [0, 0.05) is 13.2 Å². The molecule has 0 heterocycles. The van der Waals surface area contributed by atoms with E-state index in [2.05, 4.69) is 0 Å². The highest BCUT2D eigenvalue weighted by Gasteiger charge is 2.06. The Morgan fingerprint density at radius 1 is 1.07 bits per heavy atom. The Balaban J connectivity index is 2.97. The van der Waals surface area contributed by atoms with Crippen molar-refractivity contribution in [2.75, 3.05) is 13.2 Å². The molecular formula is C11H15FO2. The van der Waals surface area contributed by atoms with Crippen molar-refractivity contribution in [1.29, 1.82) is 0 Å². The zero-order valence-corrected chi connectivity index (χ0v) is 8.26. The van der Waals surface area contributed by atoms with Crippen molar-refractivity contribution in [2.24, 2.45) is 0 Å².